The van der Waals surface area contributed by atoms with Crippen molar-refractivity contribution in [2.45, 2.75) is 18.1 Å². The fourth-order valence-electron chi connectivity index (χ4n) is 4.28. The van der Waals surface area contributed by atoms with Crippen molar-refractivity contribution < 1.29 is 13.2 Å². The van der Waals surface area contributed by atoms with E-state index >= 15 is 0 Å². The zero-order chi connectivity index (χ0) is 23.1. The Kier molecular flexibility index (Phi) is 5.06. The number of nitriles is 1. The van der Waals surface area contributed by atoms with Crippen LogP contribution in [0.15, 0.2) is 61.2 Å². The first-order chi connectivity index (χ1) is 15.9. The van der Waals surface area contributed by atoms with Crippen LogP contribution >= 0.6 is 0 Å². The average molecular weight is 449 g/mol. The first-order valence-electron chi connectivity index (χ1n) is 10.3. The van der Waals surface area contributed by atoms with Gasteiger partial charge in [-0.25, -0.2) is 4.98 Å². The van der Waals surface area contributed by atoms with Crippen molar-refractivity contribution in [1.82, 2.24) is 29.6 Å². The summed E-state index contributed by atoms with van der Waals surface area (Å²) in [5.74, 6) is 0. The van der Waals surface area contributed by atoms with E-state index in [0.717, 1.165) is 16.5 Å². The van der Waals surface area contributed by atoms with Crippen LogP contribution in [-0.4, -0.2) is 55.4 Å². The zero-order valence-corrected chi connectivity index (χ0v) is 17.4. The highest BCUT2D eigenvalue weighted by Crippen LogP contribution is 2.36. The van der Waals surface area contributed by atoms with E-state index in [1.807, 2.05) is 30.3 Å². The molecule has 0 spiro atoms. The first kappa shape index (κ1) is 21.0. The molecule has 0 aromatic carbocycles. The molecule has 0 bridgehead atoms. The highest BCUT2D eigenvalue weighted by molar-refractivity contribution is 5.93. The number of likely N-dealkylation sites (tertiary alicyclic amines) is 1. The van der Waals surface area contributed by atoms with E-state index in [9.17, 15) is 18.4 Å². The summed E-state index contributed by atoms with van der Waals surface area (Å²) in [5, 5.41) is 14.8. The Morgan fingerprint density at radius 2 is 1.91 bits per heavy atom. The number of aromatic nitrogens is 5. The topological polar surface area (TPSA) is 83.5 Å². The molecule has 1 fully saturated rings. The van der Waals surface area contributed by atoms with E-state index in [0.29, 0.717) is 17.1 Å². The predicted molar refractivity (Wildman–Crippen MR) is 115 cm³/mol. The highest BCUT2D eigenvalue weighted by Gasteiger charge is 2.48. The summed E-state index contributed by atoms with van der Waals surface area (Å²) in [6, 6.07) is 13.2. The van der Waals surface area contributed by atoms with Crippen LogP contribution in [0.5, 0.6) is 0 Å². The molecule has 10 heteroatoms. The van der Waals surface area contributed by atoms with Crippen LogP contribution in [0.25, 0.3) is 33.5 Å². The summed E-state index contributed by atoms with van der Waals surface area (Å²) < 4.78 is 39.9. The van der Waals surface area contributed by atoms with Crippen molar-refractivity contribution in [2.24, 2.45) is 0 Å². The summed E-state index contributed by atoms with van der Waals surface area (Å²) in [6.45, 7) is -0.793. The van der Waals surface area contributed by atoms with Gasteiger partial charge in [-0.2, -0.15) is 23.5 Å². The zero-order valence-electron chi connectivity index (χ0n) is 17.4. The first-order valence-corrected chi connectivity index (χ1v) is 10.3. The normalized spacial score (nSPS) is 15.8. The minimum absolute atomic E-state index is 0.0634. The van der Waals surface area contributed by atoms with Gasteiger partial charge in [-0.15, -0.1) is 0 Å². The van der Waals surface area contributed by atoms with Crippen molar-refractivity contribution in [2.75, 3.05) is 19.6 Å². The summed E-state index contributed by atoms with van der Waals surface area (Å²) >= 11 is 0. The highest BCUT2D eigenvalue weighted by atomic mass is 19.4. The molecule has 1 saturated heterocycles. The molecule has 4 aromatic heterocycles. The van der Waals surface area contributed by atoms with E-state index in [1.165, 1.54) is 4.90 Å². The fraction of sp³-hybridized carbons (Fsp3) is 0.261. The molecule has 0 saturated carbocycles. The van der Waals surface area contributed by atoms with E-state index in [4.69, 9.17) is 4.98 Å². The molecule has 1 aliphatic rings. The molecule has 0 unspecified atom stereocenters. The van der Waals surface area contributed by atoms with Crippen LogP contribution in [0, 0.1) is 11.3 Å². The molecule has 1 aliphatic heterocycles. The number of alkyl halides is 3. The van der Waals surface area contributed by atoms with Gasteiger partial charge in [0.15, 0.2) is 0 Å². The SMILES string of the molecule is N#CCC1(n2ccc(-c3nc(-c4cccnc4)cc4ncccc34)n2)CN(CC(F)(F)F)C1. The monoisotopic (exact) mass is 449 g/mol. The molecular formula is C23H18F3N7. The third kappa shape index (κ3) is 4.03. The van der Waals surface area contributed by atoms with Gasteiger partial charge in [0, 0.05) is 48.8 Å². The molecule has 0 amide bonds. The van der Waals surface area contributed by atoms with Crippen LogP contribution in [-0.2, 0) is 5.54 Å². The predicted octanol–water partition coefficient (Wildman–Crippen LogP) is 4.04. The average Bonchev–Trinajstić information content (AvgIpc) is 3.27. The Labute approximate surface area is 187 Å². The lowest BCUT2D eigenvalue weighted by Gasteiger charge is -2.49. The van der Waals surface area contributed by atoms with Gasteiger partial charge in [0.25, 0.3) is 0 Å². The van der Waals surface area contributed by atoms with Crippen LogP contribution in [0.2, 0.25) is 0 Å². The summed E-state index contributed by atoms with van der Waals surface area (Å²) in [7, 11) is 0. The lowest BCUT2D eigenvalue weighted by molar-refractivity contribution is -0.167. The number of pyridine rings is 3. The van der Waals surface area contributed by atoms with E-state index in [2.05, 4.69) is 21.1 Å². The molecule has 4 aromatic rings. The van der Waals surface area contributed by atoms with Crippen molar-refractivity contribution in [3.8, 4) is 28.7 Å². The maximum Gasteiger partial charge on any atom is 0.401 e. The molecule has 7 nitrogen and oxygen atoms in total. The van der Waals surface area contributed by atoms with E-state index < -0.39 is 18.3 Å². The minimum atomic E-state index is -4.28. The van der Waals surface area contributed by atoms with Gasteiger partial charge in [0.2, 0.25) is 0 Å². The molecule has 0 radical (unpaired) electrons. The van der Waals surface area contributed by atoms with Crippen molar-refractivity contribution in [1.29, 1.82) is 5.26 Å². The standard InChI is InChI=1S/C23H18F3N7/c24-23(25,26)15-32-13-22(14-32,6-7-27)33-10-5-18(31-33)21-17-4-2-9-29-20(17)11-19(30-21)16-3-1-8-28-12-16/h1-5,8-12H,6,13-15H2. The van der Waals surface area contributed by atoms with Gasteiger partial charge >= 0.3 is 6.18 Å². The Balaban J connectivity index is 1.53. The molecule has 5 heterocycles. The summed E-state index contributed by atoms with van der Waals surface area (Å²) in [6.07, 6.45) is 2.58. The van der Waals surface area contributed by atoms with Crippen LogP contribution in [0.1, 0.15) is 6.42 Å². The number of hydrogen-bond donors (Lipinski definition) is 0. The van der Waals surface area contributed by atoms with Gasteiger partial charge in [-0.05, 0) is 36.4 Å². The molecular weight excluding hydrogens is 431 g/mol. The number of hydrogen-bond acceptors (Lipinski definition) is 6. The molecule has 0 aliphatic carbocycles. The summed E-state index contributed by atoms with van der Waals surface area (Å²) in [5.41, 5.74) is 2.62. The Bertz CT molecular complexity index is 1340. The Hall–Kier alpha value is -3.84. The van der Waals surface area contributed by atoms with Crippen molar-refractivity contribution in [3.05, 3.63) is 61.2 Å². The van der Waals surface area contributed by atoms with Crippen LogP contribution < -0.4 is 0 Å². The van der Waals surface area contributed by atoms with Gasteiger partial charge in [-0.1, -0.05) is 0 Å². The number of rotatable bonds is 5. The van der Waals surface area contributed by atoms with E-state index in [-0.39, 0.29) is 19.5 Å². The second-order valence-electron chi connectivity index (χ2n) is 8.13. The third-order valence-electron chi connectivity index (χ3n) is 5.72. The van der Waals surface area contributed by atoms with Crippen LogP contribution in [0.4, 0.5) is 13.2 Å². The lowest BCUT2D eigenvalue weighted by Crippen LogP contribution is -2.64. The van der Waals surface area contributed by atoms with Gasteiger partial charge in [0.1, 0.15) is 16.9 Å². The second kappa shape index (κ2) is 7.94. The number of halogens is 3. The second-order valence-corrected chi connectivity index (χ2v) is 8.13. The Morgan fingerprint density at radius 1 is 1.09 bits per heavy atom. The molecule has 0 atom stereocenters. The van der Waals surface area contributed by atoms with E-state index in [1.54, 1.807) is 35.5 Å². The smallest absolute Gasteiger partial charge is 0.290 e. The number of nitrogens with zero attached hydrogens (tertiary/aromatic N) is 7. The van der Waals surface area contributed by atoms with Gasteiger partial charge < -0.3 is 0 Å². The van der Waals surface area contributed by atoms with Crippen molar-refractivity contribution >= 4 is 10.9 Å². The maximum absolute atomic E-state index is 12.8. The molecule has 5 rings (SSSR count). The number of fused-ring (bicyclic) bond motifs is 1. The third-order valence-corrected chi connectivity index (χ3v) is 5.72. The minimum Gasteiger partial charge on any atom is -0.290 e. The largest absolute Gasteiger partial charge is 0.401 e. The maximum atomic E-state index is 12.8. The molecule has 33 heavy (non-hydrogen) atoms. The fourth-order valence-corrected chi connectivity index (χ4v) is 4.28. The quantitative estimate of drug-likeness (QED) is 0.457. The lowest BCUT2D eigenvalue weighted by atomic mass is 9.87. The van der Waals surface area contributed by atoms with Crippen LogP contribution in [0.3, 0.4) is 0 Å². The van der Waals surface area contributed by atoms with Crippen molar-refractivity contribution in [3.63, 3.8) is 0 Å². The van der Waals surface area contributed by atoms with Gasteiger partial charge in [0.05, 0.1) is 30.2 Å². The van der Waals surface area contributed by atoms with Gasteiger partial charge in [-0.3, -0.25) is 19.5 Å². The molecule has 0 N–H and O–H groups in total. The Morgan fingerprint density at radius 3 is 2.64 bits per heavy atom. The summed E-state index contributed by atoms with van der Waals surface area (Å²) in [4.78, 5) is 14.7. The molecule has 166 valence electrons.